The van der Waals surface area contributed by atoms with Gasteiger partial charge in [0, 0.05) is 30.2 Å². The van der Waals surface area contributed by atoms with Crippen molar-refractivity contribution in [3.63, 3.8) is 0 Å². The number of aryl methyl sites for hydroxylation is 1. The molecule has 0 unspecified atom stereocenters. The molecule has 0 N–H and O–H groups in total. The molecule has 1 fully saturated rings. The Morgan fingerprint density at radius 2 is 1.69 bits per heavy atom. The lowest BCUT2D eigenvalue weighted by molar-refractivity contribution is -0.149. The van der Waals surface area contributed by atoms with Gasteiger partial charge in [-0.2, -0.15) is 0 Å². The first-order valence-corrected chi connectivity index (χ1v) is 12.0. The van der Waals surface area contributed by atoms with Crippen LogP contribution in [0.1, 0.15) is 18.4 Å². The van der Waals surface area contributed by atoms with Crippen molar-refractivity contribution in [2.75, 3.05) is 20.2 Å². The van der Waals surface area contributed by atoms with Crippen molar-refractivity contribution in [3.05, 3.63) is 60.3 Å². The molecule has 1 amide bonds. The van der Waals surface area contributed by atoms with Gasteiger partial charge in [0.1, 0.15) is 6.54 Å². The minimum atomic E-state index is -3.74. The number of para-hydroxylation sites is 1. The number of esters is 1. The third-order valence-electron chi connectivity index (χ3n) is 6.06. The van der Waals surface area contributed by atoms with E-state index >= 15 is 0 Å². The van der Waals surface area contributed by atoms with E-state index in [1.54, 1.807) is 52.1 Å². The largest absolute Gasteiger partial charge is 0.469 e. The molecular weight excluding hydrogens is 428 g/mol. The molecule has 1 saturated heterocycles. The van der Waals surface area contributed by atoms with Crippen molar-refractivity contribution in [3.8, 4) is 0 Å². The summed E-state index contributed by atoms with van der Waals surface area (Å²) in [6.07, 6.45) is 2.69. The molecule has 2 aromatic carbocycles. The van der Waals surface area contributed by atoms with Gasteiger partial charge < -0.3 is 14.2 Å². The molecule has 3 aromatic rings. The average molecular weight is 455 g/mol. The number of amides is 1. The highest BCUT2D eigenvalue weighted by atomic mass is 32.2. The molecule has 2 heterocycles. The topological polar surface area (TPSA) is 85.7 Å². The average Bonchev–Trinajstić information content (AvgIpc) is 3.18. The van der Waals surface area contributed by atoms with Crippen LogP contribution in [0.3, 0.4) is 0 Å². The van der Waals surface area contributed by atoms with Crippen molar-refractivity contribution < 1.29 is 22.7 Å². The Kier molecular flexibility index (Phi) is 6.06. The molecule has 0 saturated carbocycles. The van der Waals surface area contributed by atoms with Crippen LogP contribution in [-0.2, 0) is 30.7 Å². The highest BCUT2D eigenvalue weighted by molar-refractivity contribution is 7.91. The van der Waals surface area contributed by atoms with Crippen LogP contribution in [0, 0.1) is 12.8 Å². The predicted molar refractivity (Wildman–Crippen MR) is 120 cm³/mol. The van der Waals surface area contributed by atoms with Gasteiger partial charge in [0.2, 0.25) is 15.7 Å². The lowest BCUT2D eigenvalue weighted by Crippen LogP contribution is -2.41. The second kappa shape index (κ2) is 8.78. The minimum absolute atomic E-state index is 0.0345. The van der Waals surface area contributed by atoms with E-state index in [2.05, 4.69) is 0 Å². The molecule has 4 rings (SSSR count). The molecule has 1 aromatic heterocycles. The highest BCUT2D eigenvalue weighted by Gasteiger charge is 2.29. The van der Waals surface area contributed by atoms with Gasteiger partial charge in [-0.15, -0.1) is 0 Å². The number of sulfone groups is 1. The zero-order valence-electron chi connectivity index (χ0n) is 18.2. The van der Waals surface area contributed by atoms with Crippen LogP contribution in [0.15, 0.2) is 64.5 Å². The number of fused-ring (bicyclic) bond motifs is 1. The number of carbonyl (C=O) groups is 2. The summed E-state index contributed by atoms with van der Waals surface area (Å²) < 4.78 is 33.2. The normalized spacial score (nSPS) is 15.1. The Morgan fingerprint density at radius 3 is 2.34 bits per heavy atom. The van der Waals surface area contributed by atoms with E-state index in [1.165, 1.54) is 7.11 Å². The first-order valence-electron chi connectivity index (χ1n) is 10.6. The Balaban J connectivity index is 1.60. The molecule has 1 aliphatic heterocycles. The molecule has 0 spiro atoms. The lowest BCUT2D eigenvalue weighted by atomic mass is 9.97. The fourth-order valence-corrected chi connectivity index (χ4v) is 5.66. The predicted octanol–water partition coefficient (Wildman–Crippen LogP) is 3.19. The summed E-state index contributed by atoms with van der Waals surface area (Å²) in [4.78, 5) is 26.8. The third-order valence-corrected chi connectivity index (χ3v) is 7.86. The summed E-state index contributed by atoms with van der Waals surface area (Å²) in [6, 6.07) is 14.0. The molecule has 0 aliphatic carbocycles. The minimum Gasteiger partial charge on any atom is -0.469 e. The molecule has 1 aliphatic rings. The number of likely N-dealkylation sites (tertiary alicyclic amines) is 1. The van der Waals surface area contributed by atoms with Gasteiger partial charge in [-0.05, 0) is 38.0 Å². The highest BCUT2D eigenvalue weighted by Crippen LogP contribution is 2.30. The first kappa shape index (κ1) is 22.1. The van der Waals surface area contributed by atoms with Gasteiger partial charge >= 0.3 is 5.97 Å². The van der Waals surface area contributed by atoms with Gasteiger partial charge in [0.05, 0.1) is 22.8 Å². The van der Waals surface area contributed by atoms with Crippen LogP contribution >= 0.6 is 0 Å². The van der Waals surface area contributed by atoms with Crippen LogP contribution in [0.2, 0.25) is 0 Å². The van der Waals surface area contributed by atoms with E-state index in [-0.39, 0.29) is 34.1 Å². The molecule has 0 bridgehead atoms. The van der Waals surface area contributed by atoms with Gasteiger partial charge in [-0.1, -0.05) is 35.9 Å². The fourth-order valence-electron chi connectivity index (χ4n) is 4.18. The summed E-state index contributed by atoms with van der Waals surface area (Å²) in [6.45, 7) is 2.90. The second-order valence-corrected chi connectivity index (χ2v) is 10.1. The second-order valence-electron chi connectivity index (χ2n) is 8.13. The number of benzene rings is 2. The number of carbonyl (C=O) groups excluding carboxylic acids is 2. The summed E-state index contributed by atoms with van der Waals surface area (Å²) in [7, 11) is -2.36. The van der Waals surface area contributed by atoms with E-state index in [0.717, 1.165) is 5.56 Å². The van der Waals surface area contributed by atoms with Gasteiger partial charge in [0.15, 0.2) is 0 Å². The lowest BCUT2D eigenvalue weighted by Gasteiger charge is -2.30. The number of ether oxygens (including phenoxy) is 1. The van der Waals surface area contributed by atoms with Crippen LogP contribution in [0.25, 0.3) is 10.9 Å². The van der Waals surface area contributed by atoms with E-state index in [9.17, 15) is 18.0 Å². The quantitative estimate of drug-likeness (QED) is 0.553. The Hall–Kier alpha value is -3.13. The molecule has 7 nitrogen and oxygen atoms in total. The van der Waals surface area contributed by atoms with Crippen LogP contribution in [0.4, 0.5) is 0 Å². The maximum Gasteiger partial charge on any atom is 0.308 e. The van der Waals surface area contributed by atoms with Crippen molar-refractivity contribution in [2.45, 2.75) is 36.1 Å². The molecule has 168 valence electrons. The Bertz CT molecular complexity index is 1250. The molecular formula is C24H26N2O5S. The first-order chi connectivity index (χ1) is 15.3. The molecule has 0 radical (unpaired) electrons. The van der Waals surface area contributed by atoms with Crippen molar-refractivity contribution in [1.29, 1.82) is 0 Å². The molecule has 32 heavy (non-hydrogen) atoms. The van der Waals surface area contributed by atoms with Gasteiger partial charge in [-0.3, -0.25) is 9.59 Å². The maximum atomic E-state index is 13.3. The summed E-state index contributed by atoms with van der Waals surface area (Å²) in [5.74, 6) is -0.518. The third kappa shape index (κ3) is 4.14. The van der Waals surface area contributed by atoms with Crippen LogP contribution in [-0.4, -0.2) is 50.0 Å². The summed E-state index contributed by atoms with van der Waals surface area (Å²) in [5.41, 5.74) is 1.67. The standard InChI is InChI=1S/C24H26N2O5S/c1-17-7-9-19(10-8-17)32(29,30)22-15-26(21-6-4-3-5-20(21)22)16-23(27)25-13-11-18(12-14-25)24(28)31-2/h3-10,15,18H,11-14,16H2,1-2H3. The van der Waals surface area contributed by atoms with Crippen LogP contribution < -0.4 is 0 Å². The van der Waals surface area contributed by atoms with E-state index in [1.807, 2.05) is 19.1 Å². The number of rotatable bonds is 5. The number of piperidine rings is 1. The van der Waals surface area contributed by atoms with Gasteiger partial charge in [0.25, 0.3) is 0 Å². The van der Waals surface area contributed by atoms with E-state index < -0.39 is 9.84 Å². The monoisotopic (exact) mass is 454 g/mol. The SMILES string of the molecule is COC(=O)C1CCN(C(=O)Cn2cc(S(=O)(=O)c3ccc(C)cc3)c3ccccc32)CC1. The maximum absolute atomic E-state index is 13.3. The number of hydrogen-bond donors (Lipinski definition) is 0. The fraction of sp³-hybridized carbons (Fsp3) is 0.333. The van der Waals surface area contributed by atoms with Crippen molar-refractivity contribution in [2.24, 2.45) is 5.92 Å². The Morgan fingerprint density at radius 1 is 1.03 bits per heavy atom. The van der Waals surface area contributed by atoms with E-state index in [0.29, 0.717) is 36.8 Å². The summed E-state index contributed by atoms with van der Waals surface area (Å²) in [5, 5.41) is 0.588. The smallest absolute Gasteiger partial charge is 0.308 e. The zero-order chi connectivity index (χ0) is 22.9. The van der Waals surface area contributed by atoms with Crippen LogP contribution in [0.5, 0.6) is 0 Å². The number of nitrogens with zero attached hydrogens (tertiary/aromatic N) is 2. The van der Waals surface area contributed by atoms with Gasteiger partial charge in [-0.25, -0.2) is 8.42 Å². The van der Waals surface area contributed by atoms with Crippen molar-refractivity contribution in [1.82, 2.24) is 9.47 Å². The zero-order valence-corrected chi connectivity index (χ0v) is 19.0. The number of hydrogen-bond acceptors (Lipinski definition) is 5. The Labute approximate surface area is 187 Å². The van der Waals surface area contributed by atoms with E-state index in [4.69, 9.17) is 4.74 Å². The molecule has 8 heteroatoms. The number of methoxy groups -OCH3 is 1. The number of aromatic nitrogens is 1. The van der Waals surface area contributed by atoms with Crippen molar-refractivity contribution >= 4 is 32.6 Å². The summed E-state index contributed by atoms with van der Waals surface area (Å²) >= 11 is 0. The molecule has 0 atom stereocenters.